The number of aromatic amines is 2. The Labute approximate surface area is 160 Å². The maximum Gasteiger partial charge on any atom is 0.325 e. The zero-order valence-electron chi connectivity index (χ0n) is 14.4. The Morgan fingerprint density at radius 2 is 2.18 bits per heavy atom. The zero-order valence-corrected chi connectivity index (χ0v) is 15.2. The van der Waals surface area contributed by atoms with Crippen molar-refractivity contribution in [1.29, 1.82) is 0 Å². The fraction of sp³-hybridized carbons (Fsp3) is 0.111. The highest BCUT2D eigenvalue weighted by Crippen LogP contribution is 2.24. The van der Waals surface area contributed by atoms with Gasteiger partial charge in [0.2, 0.25) is 0 Å². The van der Waals surface area contributed by atoms with Crippen LogP contribution in [0.1, 0.15) is 16.1 Å². The Bertz CT molecular complexity index is 1290. The highest BCUT2D eigenvalue weighted by molar-refractivity contribution is 7.15. The van der Waals surface area contributed by atoms with Gasteiger partial charge in [-0.3, -0.25) is 19.0 Å². The molecular weight excluding hydrogens is 385 g/mol. The molecule has 0 aliphatic carbocycles. The van der Waals surface area contributed by atoms with E-state index in [-0.39, 0.29) is 24.7 Å². The number of carbonyl (C=O) groups excluding carboxylic acids is 1. The fourth-order valence-corrected chi connectivity index (χ4v) is 3.61. The summed E-state index contributed by atoms with van der Waals surface area (Å²) in [7, 11) is 0. The Kier molecular flexibility index (Phi) is 4.62. The minimum atomic E-state index is -0.576. The zero-order chi connectivity index (χ0) is 19.7. The molecule has 142 valence electrons. The summed E-state index contributed by atoms with van der Waals surface area (Å²) in [6.07, 6.45) is 3.28. The van der Waals surface area contributed by atoms with Crippen LogP contribution in [-0.2, 0) is 6.42 Å². The van der Waals surface area contributed by atoms with Crippen LogP contribution in [0, 0.1) is 5.82 Å². The lowest BCUT2D eigenvalue weighted by Gasteiger charge is -2.04. The molecule has 4 rings (SSSR count). The Balaban J connectivity index is 1.50. The fourth-order valence-electron chi connectivity index (χ4n) is 2.76. The summed E-state index contributed by atoms with van der Waals surface area (Å²) in [5, 5.41) is 4.42. The van der Waals surface area contributed by atoms with E-state index in [1.165, 1.54) is 29.7 Å². The number of H-pyrrole nitrogens is 2. The van der Waals surface area contributed by atoms with Gasteiger partial charge in [0.25, 0.3) is 11.5 Å². The molecule has 3 aromatic heterocycles. The molecule has 3 heterocycles. The number of aromatic nitrogens is 4. The molecule has 8 nitrogen and oxygen atoms in total. The third-order valence-electron chi connectivity index (χ3n) is 4.14. The van der Waals surface area contributed by atoms with Gasteiger partial charge in [-0.15, -0.1) is 11.3 Å². The molecule has 4 aromatic rings. The van der Waals surface area contributed by atoms with Crippen molar-refractivity contribution in [3.8, 4) is 11.3 Å². The van der Waals surface area contributed by atoms with E-state index in [4.69, 9.17) is 0 Å². The van der Waals surface area contributed by atoms with Gasteiger partial charge >= 0.3 is 5.69 Å². The van der Waals surface area contributed by atoms with E-state index < -0.39 is 11.2 Å². The van der Waals surface area contributed by atoms with Gasteiger partial charge in [-0.05, 0) is 18.6 Å². The maximum absolute atomic E-state index is 13.4. The number of rotatable bonds is 5. The van der Waals surface area contributed by atoms with E-state index in [1.807, 2.05) is 0 Å². The van der Waals surface area contributed by atoms with Crippen molar-refractivity contribution < 1.29 is 9.18 Å². The quantitative estimate of drug-likeness (QED) is 0.473. The number of nitrogens with one attached hydrogen (secondary N) is 3. The van der Waals surface area contributed by atoms with Crippen LogP contribution in [0.25, 0.3) is 16.2 Å². The number of halogens is 1. The minimum Gasteiger partial charge on any atom is -0.350 e. The minimum absolute atomic E-state index is 0.219. The first-order chi connectivity index (χ1) is 13.5. The third-order valence-corrected chi connectivity index (χ3v) is 4.98. The summed E-state index contributed by atoms with van der Waals surface area (Å²) in [6, 6.07) is 6.09. The van der Waals surface area contributed by atoms with Crippen molar-refractivity contribution in [3.05, 3.63) is 80.0 Å². The lowest BCUT2D eigenvalue weighted by atomic mass is 10.2. The molecule has 0 aliphatic rings. The summed E-state index contributed by atoms with van der Waals surface area (Å²) >= 11 is 1.30. The van der Waals surface area contributed by atoms with Crippen LogP contribution in [0.15, 0.2) is 51.6 Å². The first kappa shape index (κ1) is 17.9. The molecule has 10 heteroatoms. The molecule has 0 spiro atoms. The average molecular weight is 399 g/mol. The summed E-state index contributed by atoms with van der Waals surface area (Å²) < 4.78 is 15.1. The Morgan fingerprint density at radius 3 is 2.96 bits per heavy atom. The predicted molar refractivity (Wildman–Crippen MR) is 102 cm³/mol. The standard InChI is InChI=1S/C18H14FN5O3S/c19-12-3-1-2-10(6-12)13-8-24-14(9-28-18(24)22-13)16(26)20-5-4-11-7-21-17(27)23-15(11)25/h1-3,6-9H,4-5H2,(H,20,26)(H2,21,23,25,27). The molecule has 0 bridgehead atoms. The molecule has 3 N–H and O–H groups in total. The summed E-state index contributed by atoms with van der Waals surface area (Å²) in [6.45, 7) is 0.219. The number of fused-ring (bicyclic) bond motifs is 1. The lowest BCUT2D eigenvalue weighted by Crippen LogP contribution is -2.30. The second-order valence-corrected chi connectivity index (χ2v) is 6.85. The van der Waals surface area contributed by atoms with Crippen LogP contribution in [0.2, 0.25) is 0 Å². The van der Waals surface area contributed by atoms with Crippen LogP contribution in [-0.4, -0.2) is 31.8 Å². The lowest BCUT2D eigenvalue weighted by molar-refractivity contribution is 0.0948. The summed E-state index contributed by atoms with van der Waals surface area (Å²) in [5.74, 6) is -0.681. The first-order valence-electron chi connectivity index (χ1n) is 8.33. The van der Waals surface area contributed by atoms with Gasteiger partial charge in [0.15, 0.2) is 4.96 Å². The van der Waals surface area contributed by atoms with Crippen molar-refractivity contribution in [1.82, 2.24) is 24.7 Å². The molecule has 0 radical (unpaired) electrons. The second kappa shape index (κ2) is 7.24. The smallest absolute Gasteiger partial charge is 0.325 e. The molecule has 0 aliphatic heterocycles. The highest BCUT2D eigenvalue weighted by Gasteiger charge is 2.15. The number of amides is 1. The van der Waals surface area contributed by atoms with Crippen LogP contribution in [0.3, 0.4) is 0 Å². The maximum atomic E-state index is 13.4. The molecule has 0 saturated heterocycles. The normalized spacial score (nSPS) is 11.0. The van der Waals surface area contributed by atoms with Crippen molar-refractivity contribution in [2.45, 2.75) is 6.42 Å². The molecule has 1 aromatic carbocycles. The SMILES string of the molecule is O=C(NCCc1c[nH]c(=O)[nH]c1=O)c1csc2nc(-c3cccc(F)c3)cn12. The van der Waals surface area contributed by atoms with E-state index >= 15 is 0 Å². The molecule has 0 unspecified atom stereocenters. The average Bonchev–Trinajstić information content (AvgIpc) is 3.24. The van der Waals surface area contributed by atoms with Gasteiger partial charge in [-0.2, -0.15) is 0 Å². The highest BCUT2D eigenvalue weighted by atomic mass is 32.1. The number of nitrogens with zero attached hydrogens (tertiary/aromatic N) is 2. The predicted octanol–water partition coefficient (Wildman–Crippen LogP) is 1.55. The van der Waals surface area contributed by atoms with Gasteiger partial charge in [-0.25, -0.2) is 14.2 Å². The number of hydrogen-bond acceptors (Lipinski definition) is 5. The molecule has 0 atom stereocenters. The van der Waals surface area contributed by atoms with Crippen molar-refractivity contribution >= 4 is 22.2 Å². The number of hydrogen-bond donors (Lipinski definition) is 3. The van der Waals surface area contributed by atoms with Crippen LogP contribution >= 0.6 is 11.3 Å². The van der Waals surface area contributed by atoms with Crippen LogP contribution in [0.4, 0.5) is 4.39 Å². The molecule has 1 amide bonds. The van der Waals surface area contributed by atoms with E-state index in [9.17, 15) is 18.8 Å². The van der Waals surface area contributed by atoms with E-state index in [0.29, 0.717) is 27.5 Å². The summed E-state index contributed by atoms with van der Waals surface area (Å²) in [5.41, 5.74) is 0.898. The van der Waals surface area contributed by atoms with Gasteiger partial charge in [0, 0.05) is 35.4 Å². The monoisotopic (exact) mass is 399 g/mol. The van der Waals surface area contributed by atoms with Crippen molar-refractivity contribution in [3.63, 3.8) is 0 Å². The van der Waals surface area contributed by atoms with Crippen LogP contribution in [0.5, 0.6) is 0 Å². The van der Waals surface area contributed by atoms with Crippen LogP contribution < -0.4 is 16.6 Å². The van der Waals surface area contributed by atoms with E-state index in [0.717, 1.165) is 0 Å². The van der Waals surface area contributed by atoms with Crippen molar-refractivity contribution in [2.24, 2.45) is 0 Å². The number of imidazole rings is 1. The van der Waals surface area contributed by atoms with E-state index in [2.05, 4.69) is 20.3 Å². The number of thiazole rings is 1. The molecule has 0 fully saturated rings. The van der Waals surface area contributed by atoms with Gasteiger partial charge in [0.05, 0.1) is 5.69 Å². The van der Waals surface area contributed by atoms with Gasteiger partial charge in [-0.1, -0.05) is 12.1 Å². The van der Waals surface area contributed by atoms with Gasteiger partial charge in [0.1, 0.15) is 11.5 Å². The molecule has 0 saturated carbocycles. The number of carbonyl (C=O) groups is 1. The third kappa shape index (κ3) is 3.49. The van der Waals surface area contributed by atoms with Crippen molar-refractivity contribution in [2.75, 3.05) is 6.54 Å². The summed E-state index contributed by atoms with van der Waals surface area (Å²) in [4.78, 5) is 44.7. The number of benzene rings is 1. The molecule has 28 heavy (non-hydrogen) atoms. The molecular formula is C18H14FN5O3S. The Hall–Kier alpha value is -3.53. The van der Waals surface area contributed by atoms with E-state index in [1.54, 1.807) is 28.1 Å². The first-order valence-corrected chi connectivity index (χ1v) is 9.21. The Morgan fingerprint density at radius 1 is 1.32 bits per heavy atom. The van der Waals surface area contributed by atoms with Gasteiger partial charge < -0.3 is 10.3 Å². The largest absolute Gasteiger partial charge is 0.350 e. The second-order valence-electron chi connectivity index (χ2n) is 6.01. The topological polar surface area (TPSA) is 112 Å².